The molecule has 1 saturated heterocycles. The molecule has 5 fully saturated rings. The maximum atomic E-state index is 13.2. The maximum absolute atomic E-state index is 13.2. The standard InChI is InChI=1S/C27H44O8/c1-4-14-8-10-17-16-9-7-15-6-5-12-27(33,26(15,3)18(16)11-13-25(14,17)2)35-24(32)22-20(29)19(28)21(30)23(31)34-22/h14-23,28-31,33H,4-13H2,1-3H3/t14-,15?,16-,17-,18-,19-,20-,21+,22-,23+,25+,26-,27?/m0/s1. The molecular weight excluding hydrogens is 452 g/mol. The van der Waals surface area contributed by atoms with Crippen LogP contribution in [0.25, 0.3) is 0 Å². The third-order valence-corrected chi connectivity index (χ3v) is 11.6. The molecule has 8 nitrogen and oxygen atoms in total. The van der Waals surface area contributed by atoms with Crippen molar-refractivity contribution < 1.29 is 39.8 Å². The number of aliphatic hydroxyl groups excluding tert-OH is 4. The molecule has 0 aromatic rings. The molecule has 13 atom stereocenters. The summed E-state index contributed by atoms with van der Waals surface area (Å²) < 4.78 is 11.0. The summed E-state index contributed by atoms with van der Waals surface area (Å²) in [5.74, 6) is -0.392. The zero-order valence-electron chi connectivity index (χ0n) is 21.3. The molecule has 200 valence electrons. The number of carbonyl (C=O) groups excluding carboxylic acids is 1. The van der Waals surface area contributed by atoms with Crippen molar-refractivity contribution in [1.29, 1.82) is 0 Å². The molecular formula is C27H44O8. The maximum Gasteiger partial charge on any atom is 0.340 e. The molecule has 1 aliphatic heterocycles. The summed E-state index contributed by atoms with van der Waals surface area (Å²) in [5, 5.41) is 52.1. The number of ether oxygens (including phenoxy) is 2. The Hall–Kier alpha value is -0.770. The Morgan fingerprint density at radius 3 is 2.37 bits per heavy atom. The van der Waals surface area contributed by atoms with Crippen LogP contribution < -0.4 is 0 Å². The van der Waals surface area contributed by atoms with Crippen LogP contribution in [0.2, 0.25) is 0 Å². The third kappa shape index (κ3) is 3.65. The van der Waals surface area contributed by atoms with Gasteiger partial charge in [0.15, 0.2) is 12.4 Å². The van der Waals surface area contributed by atoms with Gasteiger partial charge in [-0.05, 0) is 86.4 Å². The lowest BCUT2D eigenvalue weighted by atomic mass is 9.43. The van der Waals surface area contributed by atoms with Crippen molar-refractivity contribution in [2.75, 3.05) is 0 Å². The lowest BCUT2D eigenvalue weighted by Gasteiger charge is -2.64. The van der Waals surface area contributed by atoms with Crippen LogP contribution in [-0.4, -0.2) is 68.0 Å². The number of hydrogen-bond acceptors (Lipinski definition) is 8. The van der Waals surface area contributed by atoms with Crippen LogP contribution in [0, 0.1) is 40.4 Å². The van der Waals surface area contributed by atoms with Crippen molar-refractivity contribution in [3.05, 3.63) is 0 Å². The van der Waals surface area contributed by atoms with Gasteiger partial charge in [0.1, 0.15) is 18.3 Å². The SMILES string of the molecule is CC[C@H]1CC[C@H]2[C@@H]3CCC4CCCC(O)(OC(=O)[C@H]5O[C@@H](O)[C@H](O)[C@@H](O)[C@@H]5O)[C@]4(C)[C@H]3CC[C@]12C. The minimum absolute atomic E-state index is 0.234. The monoisotopic (exact) mass is 496 g/mol. The van der Waals surface area contributed by atoms with Crippen LogP contribution in [-0.2, 0) is 14.3 Å². The highest BCUT2D eigenvalue weighted by molar-refractivity contribution is 5.76. The van der Waals surface area contributed by atoms with E-state index >= 15 is 0 Å². The van der Waals surface area contributed by atoms with Crippen LogP contribution in [0.1, 0.15) is 85.0 Å². The Kier molecular flexibility index (Phi) is 6.59. The van der Waals surface area contributed by atoms with Crippen molar-refractivity contribution in [1.82, 2.24) is 0 Å². The minimum atomic E-state index is -1.83. The van der Waals surface area contributed by atoms with E-state index in [1.165, 1.54) is 19.3 Å². The first-order valence-electron chi connectivity index (χ1n) is 13.8. The van der Waals surface area contributed by atoms with E-state index in [9.17, 15) is 30.3 Å². The third-order valence-electron chi connectivity index (χ3n) is 11.6. The molecule has 5 aliphatic rings. The van der Waals surface area contributed by atoms with Crippen LogP contribution in [0.15, 0.2) is 0 Å². The lowest BCUT2D eigenvalue weighted by molar-refractivity contribution is -0.332. The quantitative estimate of drug-likeness (QED) is 0.296. The van der Waals surface area contributed by atoms with Crippen molar-refractivity contribution in [3.63, 3.8) is 0 Å². The van der Waals surface area contributed by atoms with E-state index in [0.29, 0.717) is 23.7 Å². The number of hydrogen-bond donors (Lipinski definition) is 5. The molecule has 0 aromatic carbocycles. The average molecular weight is 497 g/mol. The minimum Gasteiger partial charge on any atom is -0.431 e. The van der Waals surface area contributed by atoms with Crippen LogP contribution in [0.3, 0.4) is 0 Å². The van der Waals surface area contributed by atoms with E-state index in [1.54, 1.807) is 0 Å². The lowest BCUT2D eigenvalue weighted by Crippen LogP contribution is -2.66. The first-order valence-corrected chi connectivity index (χ1v) is 13.8. The first kappa shape index (κ1) is 25.9. The molecule has 0 radical (unpaired) electrons. The Balaban J connectivity index is 1.42. The highest BCUT2D eigenvalue weighted by Crippen LogP contribution is 2.69. The van der Waals surface area contributed by atoms with E-state index in [0.717, 1.165) is 44.4 Å². The Bertz CT molecular complexity index is 821. The number of fused-ring (bicyclic) bond motifs is 5. The van der Waals surface area contributed by atoms with Gasteiger partial charge in [0, 0.05) is 11.8 Å². The second-order valence-corrected chi connectivity index (χ2v) is 12.7. The predicted molar refractivity (Wildman–Crippen MR) is 125 cm³/mol. The van der Waals surface area contributed by atoms with Crippen LogP contribution in [0.5, 0.6) is 0 Å². The summed E-state index contributed by atoms with van der Waals surface area (Å²) in [7, 11) is 0. The fourth-order valence-electron chi connectivity index (χ4n) is 9.56. The number of carbonyl (C=O) groups is 1. The van der Waals surface area contributed by atoms with Gasteiger partial charge in [-0.15, -0.1) is 0 Å². The number of aliphatic hydroxyl groups is 5. The van der Waals surface area contributed by atoms with Gasteiger partial charge >= 0.3 is 5.97 Å². The molecule has 35 heavy (non-hydrogen) atoms. The summed E-state index contributed by atoms with van der Waals surface area (Å²) in [4.78, 5) is 13.2. The van der Waals surface area contributed by atoms with E-state index in [2.05, 4.69) is 20.8 Å². The number of esters is 1. The summed E-state index contributed by atoms with van der Waals surface area (Å²) in [6, 6.07) is 0. The first-order chi connectivity index (χ1) is 16.5. The van der Waals surface area contributed by atoms with Gasteiger partial charge in [0.2, 0.25) is 5.79 Å². The zero-order chi connectivity index (χ0) is 25.3. The van der Waals surface area contributed by atoms with Gasteiger partial charge in [0.05, 0.1) is 0 Å². The fourth-order valence-corrected chi connectivity index (χ4v) is 9.56. The molecule has 5 N–H and O–H groups in total. The molecule has 4 aliphatic carbocycles. The molecule has 0 bridgehead atoms. The highest BCUT2D eigenvalue weighted by atomic mass is 16.7. The molecule has 4 saturated carbocycles. The van der Waals surface area contributed by atoms with Crippen LogP contribution in [0.4, 0.5) is 0 Å². The van der Waals surface area contributed by atoms with E-state index in [1.807, 2.05) is 0 Å². The molecule has 1 heterocycles. The van der Waals surface area contributed by atoms with Gasteiger partial charge < -0.3 is 35.0 Å². The van der Waals surface area contributed by atoms with E-state index < -0.39 is 47.9 Å². The topological polar surface area (TPSA) is 137 Å². The van der Waals surface area contributed by atoms with E-state index in [-0.39, 0.29) is 11.8 Å². The fraction of sp³-hybridized carbons (Fsp3) is 0.963. The van der Waals surface area contributed by atoms with Gasteiger partial charge in [-0.1, -0.05) is 27.2 Å². The van der Waals surface area contributed by atoms with Crippen molar-refractivity contribution in [2.45, 2.75) is 121 Å². The Morgan fingerprint density at radius 1 is 0.914 bits per heavy atom. The zero-order valence-corrected chi connectivity index (χ0v) is 21.3. The molecule has 0 spiro atoms. The van der Waals surface area contributed by atoms with Crippen molar-refractivity contribution >= 4 is 5.97 Å². The molecule has 5 rings (SSSR count). The van der Waals surface area contributed by atoms with Gasteiger partial charge in [-0.3, -0.25) is 0 Å². The largest absolute Gasteiger partial charge is 0.431 e. The normalized spacial score (nSPS) is 56.0. The molecule has 2 unspecified atom stereocenters. The van der Waals surface area contributed by atoms with Gasteiger partial charge in [-0.25, -0.2) is 4.79 Å². The van der Waals surface area contributed by atoms with Gasteiger partial charge in [-0.2, -0.15) is 0 Å². The van der Waals surface area contributed by atoms with Crippen molar-refractivity contribution in [3.8, 4) is 0 Å². The Morgan fingerprint density at radius 2 is 1.66 bits per heavy atom. The summed E-state index contributed by atoms with van der Waals surface area (Å²) in [6.07, 6.45) is 1.27. The van der Waals surface area contributed by atoms with Crippen LogP contribution >= 0.6 is 0 Å². The summed E-state index contributed by atoms with van der Waals surface area (Å²) in [6.45, 7) is 6.88. The summed E-state index contributed by atoms with van der Waals surface area (Å²) >= 11 is 0. The van der Waals surface area contributed by atoms with Crippen molar-refractivity contribution in [2.24, 2.45) is 40.4 Å². The smallest absolute Gasteiger partial charge is 0.340 e. The van der Waals surface area contributed by atoms with Gasteiger partial charge in [0.25, 0.3) is 0 Å². The Labute approximate surface area is 208 Å². The molecule has 0 amide bonds. The second-order valence-electron chi connectivity index (χ2n) is 12.7. The predicted octanol–water partition coefficient (Wildman–Crippen LogP) is 2.09. The summed E-state index contributed by atoms with van der Waals surface area (Å²) in [5.41, 5.74) is -0.276. The average Bonchev–Trinajstić information content (AvgIpc) is 3.17. The number of rotatable bonds is 3. The second kappa shape index (κ2) is 8.91. The highest BCUT2D eigenvalue weighted by Gasteiger charge is 2.67. The van der Waals surface area contributed by atoms with E-state index in [4.69, 9.17) is 9.47 Å². The molecule has 0 aromatic heterocycles. The molecule has 8 heteroatoms.